The van der Waals surface area contributed by atoms with E-state index in [-0.39, 0.29) is 17.6 Å². The van der Waals surface area contributed by atoms with E-state index in [0.717, 1.165) is 28.9 Å². The van der Waals surface area contributed by atoms with Crippen LogP contribution in [0.4, 0.5) is 0 Å². The van der Waals surface area contributed by atoms with Gasteiger partial charge >= 0.3 is 0 Å². The lowest BCUT2D eigenvalue weighted by molar-refractivity contribution is -0.121. The van der Waals surface area contributed by atoms with Crippen LogP contribution in [-0.4, -0.2) is 11.5 Å². The summed E-state index contributed by atoms with van der Waals surface area (Å²) in [7, 11) is 0. The molecule has 0 aliphatic carbocycles. The summed E-state index contributed by atoms with van der Waals surface area (Å²) in [5, 5.41) is 3.19. The minimum atomic E-state index is -0.289. The average molecular weight is 323 g/mol. The Morgan fingerprint density at radius 3 is 2.50 bits per heavy atom. The Labute approximate surface area is 144 Å². The highest BCUT2D eigenvalue weighted by Crippen LogP contribution is 2.39. The van der Waals surface area contributed by atoms with Gasteiger partial charge in [0.1, 0.15) is 11.4 Å². The first kappa shape index (κ1) is 16.6. The molecule has 0 unspecified atom stereocenters. The van der Waals surface area contributed by atoms with Crippen molar-refractivity contribution in [1.29, 1.82) is 0 Å². The van der Waals surface area contributed by atoms with Gasteiger partial charge < -0.3 is 10.1 Å². The van der Waals surface area contributed by atoms with E-state index in [2.05, 4.69) is 44.3 Å². The molecule has 2 aromatic rings. The topological polar surface area (TPSA) is 38.3 Å². The molecular weight excluding hydrogens is 298 g/mol. The quantitative estimate of drug-likeness (QED) is 0.916. The van der Waals surface area contributed by atoms with E-state index in [9.17, 15) is 4.79 Å². The smallest absolute Gasteiger partial charge is 0.224 e. The molecule has 3 nitrogen and oxygen atoms in total. The van der Waals surface area contributed by atoms with Crippen molar-refractivity contribution in [2.24, 2.45) is 0 Å². The summed E-state index contributed by atoms with van der Waals surface area (Å²) >= 11 is 0. The predicted molar refractivity (Wildman–Crippen MR) is 96.3 cm³/mol. The molecule has 0 radical (unpaired) electrons. The van der Waals surface area contributed by atoms with Gasteiger partial charge in [-0.2, -0.15) is 0 Å². The molecule has 0 fully saturated rings. The number of rotatable bonds is 3. The van der Waals surface area contributed by atoms with Gasteiger partial charge in [0.05, 0.1) is 12.5 Å². The maximum atomic E-state index is 12.5. The molecule has 0 saturated heterocycles. The van der Waals surface area contributed by atoms with Crippen LogP contribution >= 0.6 is 0 Å². The lowest BCUT2D eigenvalue weighted by Crippen LogP contribution is -2.41. The SMILES string of the molecule is Cc1ccc(CC(=O)N[C@@H]2CC(C)(C)Oc3cc(C)ccc32)cc1. The third-order valence-electron chi connectivity index (χ3n) is 4.45. The number of ether oxygens (including phenoxy) is 1. The van der Waals surface area contributed by atoms with Gasteiger partial charge in [0.25, 0.3) is 0 Å². The minimum absolute atomic E-state index is 0.0118. The van der Waals surface area contributed by atoms with Crippen LogP contribution < -0.4 is 10.1 Å². The number of nitrogens with one attached hydrogen (secondary N) is 1. The van der Waals surface area contributed by atoms with Gasteiger partial charge in [0.2, 0.25) is 5.91 Å². The van der Waals surface area contributed by atoms with E-state index in [4.69, 9.17) is 4.74 Å². The maximum Gasteiger partial charge on any atom is 0.224 e. The molecule has 0 aromatic heterocycles. The second kappa shape index (κ2) is 6.31. The van der Waals surface area contributed by atoms with Gasteiger partial charge in [-0.1, -0.05) is 42.0 Å². The molecule has 0 saturated carbocycles. The largest absolute Gasteiger partial charge is 0.487 e. The number of benzene rings is 2. The van der Waals surface area contributed by atoms with Crippen molar-refractivity contribution >= 4 is 5.91 Å². The molecule has 1 amide bonds. The molecule has 126 valence electrons. The molecule has 1 atom stereocenters. The summed E-state index contributed by atoms with van der Waals surface area (Å²) < 4.78 is 6.09. The van der Waals surface area contributed by atoms with Gasteiger partial charge in [-0.25, -0.2) is 0 Å². The summed E-state index contributed by atoms with van der Waals surface area (Å²) in [5.41, 5.74) is 4.18. The lowest BCUT2D eigenvalue weighted by atomic mass is 9.89. The molecule has 0 spiro atoms. The molecule has 1 heterocycles. The van der Waals surface area contributed by atoms with Crippen LogP contribution in [0.3, 0.4) is 0 Å². The number of carbonyl (C=O) groups is 1. The van der Waals surface area contributed by atoms with Crippen molar-refractivity contribution in [2.45, 2.75) is 52.2 Å². The summed E-state index contributed by atoms with van der Waals surface area (Å²) in [5.74, 6) is 0.931. The predicted octanol–water partition coefficient (Wildman–Crippen LogP) is 4.26. The number of hydrogen-bond donors (Lipinski definition) is 1. The molecular formula is C21H25NO2. The van der Waals surface area contributed by atoms with Crippen molar-refractivity contribution < 1.29 is 9.53 Å². The molecule has 2 aromatic carbocycles. The van der Waals surface area contributed by atoms with Gasteiger partial charge in [-0.15, -0.1) is 0 Å². The Hall–Kier alpha value is -2.29. The van der Waals surface area contributed by atoms with Crippen LogP contribution in [0.15, 0.2) is 42.5 Å². The highest BCUT2D eigenvalue weighted by atomic mass is 16.5. The van der Waals surface area contributed by atoms with Crippen LogP contribution in [-0.2, 0) is 11.2 Å². The standard InChI is InChI=1S/C21H25NO2/c1-14-5-8-16(9-6-14)12-20(23)22-18-13-21(3,4)24-19-11-15(2)7-10-17(18)19/h5-11,18H,12-13H2,1-4H3,(H,22,23)/t18-/m1/s1. The number of fused-ring (bicyclic) bond motifs is 1. The van der Waals surface area contributed by atoms with E-state index in [1.165, 1.54) is 5.56 Å². The molecule has 1 aliphatic rings. The second-order valence-corrected chi connectivity index (χ2v) is 7.39. The van der Waals surface area contributed by atoms with Gasteiger partial charge in [0, 0.05) is 12.0 Å². The Morgan fingerprint density at radius 1 is 1.12 bits per heavy atom. The van der Waals surface area contributed by atoms with E-state index >= 15 is 0 Å². The molecule has 3 heteroatoms. The molecule has 1 aliphatic heterocycles. The van der Waals surface area contributed by atoms with Crippen molar-refractivity contribution in [3.63, 3.8) is 0 Å². The molecule has 0 bridgehead atoms. The zero-order chi connectivity index (χ0) is 17.3. The highest BCUT2D eigenvalue weighted by Gasteiger charge is 2.34. The first-order chi connectivity index (χ1) is 11.3. The third-order valence-corrected chi connectivity index (χ3v) is 4.45. The van der Waals surface area contributed by atoms with Crippen molar-refractivity contribution in [2.75, 3.05) is 0 Å². The van der Waals surface area contributed by atoms with E-state index in [1.54, 1.807) is 0 Å². The number of carbonyl (C=O) groups excluding carboxylic acids is 1. The highest BCUT2D eigenvalue weighted by molar-refractivity contribution is 5.79. The average Bonchev–Trinajstić information content (AvgIpc) is 2.48. The van der Waals surface area contributed by atoms with E-state index in [0.29, 0.717) is 6.42 Å². The minimum Gasteiger partial charge on any atom is -0.487 e. The first-order valence-electron chi connectivity index (χ1n) is 8.47. The van der Waals surface area contributed by atoms with Crippen molar-refractivity contribution in [1.82, 2.24) is 5.32 Å². The fraction of sp³-hybridized carbons (Fsp3) is 0.381. The number of hydrogen-bond acceptors (Lipinski definition) is 2. The van der Waals surface area contributed by atoms with Crippen LogP contribution in [0, 0.1) is 13.8 Å². The van der Waals surface area contributed by atoms with Crippen LogP contribution in [0.1, 0.15) is 48.6 Å². The van der Waals surface area contributed by atoms with Crippen LogP contribution in [0.25, 0.3) is 0 Å². The molecule has 24 heavy (non-hydrogen) atoms. The Kier molecular flexibility index (Phi) is 4.35. The van der Waals surface area contributed by atoms with Crippen LogP contribution in [0.5, 0.6) is 5.75 Å². The maximum absolute atomic E-state index is 12.5. The summed E-state index contributed by atoms with van der Waals surface area (Å²) in [4.78, 5) is 12.5. The fourth-order valence-corrected chi connectivity index (χ4v) is 3.22. The van der Waals surface area contributed by atoms with Crippen molar-refractivity contribution in [3.8, 4) is 5.75 Å². The normalized spacial score (nSPS) is 18.4. The van der Waals surface area contributed by atoms with E-state index < -0.39 is 0 Å². The first-order valence-corrected chi connectivity index (χ1v) is 8.47. The van der Waals surface area contributed by atoms with Crippen LogP contribution in [0.2, 0.25) is 0 Å². The second-order valence-electron chi connectivity index (χ2n) is 7.39. The van der Waals surface area contributed by atoms with Gasteiger partial charge in [0.15, 0.2) is 0 Å². The third kappa shape index (κ3) is 3.78. The summed E-state index contributed by atoms with van der Waals surface area (Å²) in [6.07, 6.45) is 1.17. The lowest BCUT2D eigenvalue weighted by Gasteiger charge is -2.38. The summed E-state index contributed by atoms with van der Waals surface area (Å²) in [6.45, 7) is 8.23. The molecule has 3 rings (SSSR count). The Balaban J connectivity index is 1.76. The van der Waals surface area contributed by atoms with E-state index in [1.807, 2.05) is 31.2 Å². The summed E-state index contributed by atoms with van der Waals surface area (Å²) in [6, 6.07) is 14.3. The van der Waals surface area contributed by atoms with Gasteiger partial charge in [-0.05, 0) is 44.9 Å². The Bertz CT molecular complexity index is 747. The number of amides is 1. The number of aryl methyl sites for hydroxylation is 2. The zero-order valence-electron chi connectivity index (χ0n) is 14.8. The zero-order valence-corrected chi connectivity index (χ0v) is 14.8. The Morgan fingerprint density at radius 2 is 1.79 bits per heavy atom. The van der Waals surface area contributed by atoms with Gasteiger partial charge in [-0.3, -0.25) is 4.79 Å². The monoisotopic (exact) mass is 323 g/mol. The molecule has 1 N–H and O–H groups in total. The van der Waals surface area contributed by atoms with Crippen molar-refractivity contribution in [3.05, 3.63) is 64.7 Å². The fourth-order valence-electron chi connectivity index (χ4n) is 3.22.